The topological polar surface area (TPSA) is 41.4 Å². The minimum atomic E-state index is 0.0262. The average Bonchev–Trinajstić information content (AvgIpc) is 3.17. The molecule has 2 aliphatic heterocycles. The molecule has 1 saturated heterocycles. The third kappa shape index (κ3) is 2.18. The summed E-state index contributed by atoms with van der Waals surface area (Å²) >= 11 is 1.84. The highest BCUT2D eigenvalue weighted by atomic mass is 32.1. The molecule has 2 aliphatic rings. The van der Waals surface area contributed by atoms with Gasteiger partial charge in [-0.05, 0) is 29.9 Å². The molecule has 5 nitrogen and oxygen atoms in total. The van der Waals surface area contributed by atoms with Gasteiger partial charge in [0.25, 0.3) is 0 Å². The zero-order valence-corrected chi connectivity index (χ0v) is 12.8. The molecule has 1 amide bonds. The summed E-state index contributed by atoms with van der Waals surface area (Å²) < 4.78 is 1.74. The number of aromatic nitrogens is 2. The van der Waals surface area contributed by atoms with Crippen LogP contribution < -0.4 is 4.90 Å². The summed E-state index contributed by atoms with van der Waals surface area (Å²) in [4.78, 5) is 18.4. The lowest BCUT2D eigenvalue weighted by atomic mass is 10.1. The van der Waals surface area contributed by atoms with Crippen molar-refractivity contribution in [1.82, 2.24) is 14.7 Å². The van der Waals surface area contributed by atoms with Crippen LogP contribution in [0.5, 0.6) is 0 Å². The van der Waals surface area contributed by atoms with Crippen LogP contribution in [0.25, 0.3) is 0 Å². The van der Waals surface area contributed by atoms with Gasteiger partial charge < -0.3 is 4.90 Å². The van der Waals surface area contributed by atoms with Crippen LogP contribution in [-0.2, 0) is 24.8 Å². The second kappa shape index (κ2) is 4.96. The molecule has 0 N–H and O–H groups in total. The molecule has 4 rings (SSSR count). The van der Waals surface area contributed by atoms with E-state index in [-0.39, 0.29) is 11.9 Å². The highest BCUT2D eigenvalue weighted by molar-refractivity contribution is 7.10. The quantitative estimate of drug-likeness (QED) is 0.847. The third-order valence-electron chi connectivity index (χ3n) is 4.46. The van der Waals surface area contributed by atoms with Crippen LogP contribution in [0, 0.1) is 0 Å². The number of thiophene rings is 1. The van der Waals surface area contributed by atoms with Gasteiger partial charge in [0.2, 0.25) is 5.91 Å². The minimum absolute atomic E-state index is 0.0262. The van der Waals surface area contributed by atoms with E-state index in [1.807, 2.05) is 29.5 Å². The molecule has 0 bridgehead atoms. The zero-order valence-electron chi connectivity index (χ0n) is 12.0. The van der Waals surface area contributed by atoms with E-state index in [1.165, 1.54) is 10.4 Å². The van der Waals surface area contributed by atoms with E-state index in [4.69, 9.17) is 0 Å². The third-order valence-corrected chi connectivity index (χ3v) is 5.48. The first-order chi connectivity index (χ1) is 10.2. The molecule has 1 atom stereocenters. The van der Waals surface area contributed by atoms with Crippen molar-refractivity contribution in [3.05, 3.63) is 34.3 Å². The van der Waals surface area contributed by atoms with E-state index in [9.17, 15) is 4.79 Å². The number of rotatable bonds is 2. The van der Waals surface area contributed by atoms with Crippen molar-refractivity contribution in [2.75, 3.05) is 18.0 Å². The lowest BCUT2D eigenvalue weighted by molar-refractivity contribution is -0.121. The van der Waals surface area contributed by atoms with Gasteiger partial charge in [-0.1, -0.05) is 0 Å². The Morgan fingerprint density at radius 3 is 3.10 bits per heavy atom. The number of hydrogen-bond acceptors (Lipinski definition) is 4. The van der Waals surface area contributed by atoms with Crippen LogP contribution in [-0.4, -0.2) is 39.7 Å². The van der Waals surface area contributed by atoms with Crippen LogP contribution in [0.1, 0.15) is 16.9 Å². The van der Waals surface area contributed by atoms with E-state index in [0.29, 0.717) is 0 Å². The van der Waals surface area contributed by atoms with Gasteiger partial charge in [0, 0.05) is 37.8 Å². The van der Waals surface area contributed by atoms with Crippen molar-refractivity contribution in [1.29, 1.82) is 0 Å². The normalized spacial score (nSPS) is 22.8. The predicted octanol–water partition coefficient (Wildman–Crippen LogP) is 1.65. The van der Waals surface area contributed by atoms with Gasteiger partial charge in [-0.25, -0.2) is 0 Å². The summed E-state index contributed by atoms with van der Waals surface area (Å²) in [7, 11) is 1.88. The van der Waals surface area contributed by atoms with E-state index in [2.05, 4.69) is 21.4 Å². The summed E-state index contributed by atoms with van der Waals surface area (Å²) in [5, 5.41) is 6.33. The molecule has 2 aromatic heterocycles. The van der Waals surface area contributed by atoms with Gasteiger partial charge in [0.05, 0.1) is 17.9 Å². The Bertz CT molecular complexity index is 677. The highest BCUT2D eigenvalue weighted by Crippen LogP contribution is 2.29. The number of carbonyl (C=O) groups excluding carboxylic acids is 1. The maximum absolute atomic E-state index is 12.7. The molecule has 2 aromatic rings. The molecule has 0 aromatic carbocycles. The Hall–Kier alpha value is -1.66. The van der Waals surface area contributed by atoms with Crippen LogP contribution in [0.15, 0.2) is 23.8 Å². The summed E-state index contributed by atoms with van der Waals surface area (Å²) in [6.45, 7) is 2.70. The standard InChI is InChI=1S/C15H18N4OS/c1-17-10-12(8-16-17)19-6-2-13(15(19)20)18-5-3-14-11(9-18)4-7-21-14/h4,7-8,10,13H,2-3,5-6,9H2,1H3/t13-/m1/s1. The second-order valence-corrected chi connectivity index (χ2v) is 6.76. The van der Waals surface area contributed by atoms with Crippen molar-refractivity contribution in [2.24, 2.45) is 7.05 Å². The van der Waals surface area contributed by atoms with Gasteiger partial charge >= 0.3 is 0 Å². The Morgan fingerprint density at radius 1 is 1.38 bits per heavy atom. The lowest BCUT2D eigenvalue weighted by Gasteiger charge is -2.31. The van der Waals surface area contributed by atoms with E-state index in [0.717, 1.165) is 38.2 Å². The van der Waals surface area contributed by atoms with Gasteiger partial charge in [-0.2, -0.15) is 5.10 Å². The molecule has 0 unspecified atom stereocenters. The zero-order chi connectivity index (χ0) is 14.4. The summed E-state index contributed by atoms with van der Waals surface area (Å²) in [5.41, 5.74) is 2.32. The molecule has 4 heterocycles. The largest absolute Gasteiger partial charge is 0.308 e. The number of fused-ring (bicyclic) bond motifs is 1. The van der Waals surface area contributed by atoms with Crippen molar-refractivity contribution in [3.8, 4) is 0 Å². The maximum atomic E-state index is 12.7. The van der Waals surface area contributed by atoms with Gasteiger partial charge in [-0.15, -0.1) is 11.3 Å². The SMILES string of the molecule is Cn1cc(N2CC[C@@H](N3CCc4sccc4C3)C2=O)cn1. The van der Waals surface area contributed by atoms with Gasteiger partial charge in [0.1, 0.15) is 0 Å². The van der Waals surface area contributed by atoms with E-state index < -0.39 is 0 Å². The first kappa shape index (κ1) is 13.0. The van der Waals surface area contributed by atoms with E-state index >= 15 is 0 Å². The summed E-state index contributed by atoms with van der Waals surface area (Å²) in [6.07, 6.45) is 5.66. The Morgan fingerprint density at radius 2 is 2.29 bits per heavy atom. The minimum Gasteiger partial charge on any atom is -0.308 e. The van der Waals surface area contributed by atoms with Crippen molar-refractivity contribution in [2.45, 2.75) is 25.4 Å². The molecule has 6 heteroatoms. The molecule has 21 heavy (non-hydrogen) atoms. The van der Waals surface area contributed by atoms with Crippen molar-refractivity contribution >= 4 is 22.9 Å². The number of hydrogen-bond donors (Lipinski definition) is 0. The first-order valence-corrected chi connectivity index (χ1v) is 8.19. The first-order valence-electron chi connectivity index (χ1n) is 7.32. The molecule has 0 spiro atoms. The van der Waals surface area contributed by atoms with Crippen LogP contribution in [0.2, 0.25) is 0 Å². The summed E-state index contributed by atoms with van der Waals surface area (Å²) in [5.74, 6) is 0.224. The fourth-order valence-corrected chi connectivity index (χ4v) is 4.23. The maximum Gasteiger partial charge on any atom is 0.244 e. The monoisotopic (exact) mass is 302 g/mol. The van der Waals surface area contributed by atoms with E-state index in [1.54, 1.807) is 10.9 Å². The number of nitrogens with zero attached hydrogens (tertiary/aromatic N) is 4. The van der Waals surface area contributed by atoms with Crippen LogP contribution in [0.3, 0.4) is 0 Å². The van der Waals surface area contributed by atoms with Gasteiger partial charge in [-0.3, -0.25) is 14.4 Å². The van der Waals surface area contributed by atoms with Gasteiger partial charge in [0.15, 0.2) is 0 Å². The Labute approximate surface area is 127 Å². The number of aryl methyl sites for hydroxylation is 1. The average molecular weight is 302 g/mol. The Kier molecular flexibility index (Phi) is 3.08. The molecule has 110 valence electrons. The molecule has 0 radical (unpaired) electrons. The second-order valence-electron chi connectivity index (χ2n) is 5.76. The number of carbonyl (C=O) groups is 1. The van der Waals surface area contributed by atoms with Crippen LogP contribution >= 0.6 is 11.3 Å². The molecular formula is C15H18N4OS. The molecular weight excluding hydrogens is 284 g/mol. The number of anilines is 1. The van der Waals surface area contributed by atoms with Crippen LogP contribution in [0.4, 0.5) is 5.69 Å². The smallest absolute Gasteiger partial charge is 0.244 e. The highest BCUT2D eigenvalue weighted by Gasteiger charge is 2.38. The molecule has 0 saturated carbocycles. The van der Waals surface area contributed by atoms with Crippen molar-refractivity contribution < 1.29 is 4.79 Å². The molecule has 0 aliphatic carbocycles. The fourth-order valence-electron chi connectivity index (χ4n) is 3.34. The predicted molar refractivity (Wildman–Crippen MR) is 82.4 cm³/mol. The summed E-state index contributed by atoms with van der Waals surface area (Å²) in [6, 6.07) is 2.23. The lowest BCUT2D eigenvalue weighted by Crippen LogP contribution is -2.44. The fraction of sp³-hybridized carbons (Fsp3) is 0.467. The molecule has 1 fully saturated rings. The van der Waals surface area contributed by atoms with Crippen molar-refractivity contribution in [3.63, 3.8) is 0 Å². The number of amides is 1. The Balaban J connectivity index is 1.52.